The third-order valence-electron chi connectivity index (χ3n) is 2.85. The molecule has 2 rings (SSSR count). The monoisotopic (exact) mass is 299 g/mol. The molecule has 1 N–H and O–H groups in total. The van der Waals surface area contributed by atoms with Gasteiger partial charge in [-0.05, 0) is 37.1 Å². The van der Waals surface area contributed by atoms with E-state index in [0.29, 0.717) is 0 Å². The van der Waals surface area contributed by atoms with Crippen molar-refractivity contribution in [3.05, 3.63) is 29.8 Å². The van der Waals surface area contributed by atoms with Crippen LogP contribution in [0.1, 0.15) is 24.4 Å². The first-order chi connectivity index (χ1) is 8.49. The van der Waals surface area contributed by atoms with E-state index in [2.05, 4.69) is 10.1 Å². The average molecular weight is 300 g/mol. The van der Waals surface area contributed by atoms with Gasteiger partial charge >= 0.3 is 12.5 Å². The maximum absolute atomic E-state index is 12.6. The summed E-state index contributed by atoms with van der Waals surface area (Å²) in [5, 5.41) is 3.25. The van der Waals surface area contributed by atoms with Gasteiger partial charge in [-0.2, -0.15) is 17.6 Å². The lowest BCUT2D eigenvalue weighted by atomic mass is 10.1. The number of benzene rings is 1. The van der Waals surface area contributed by atoms with Gasteiger partial charge in [-0.25, -0.2) is 0 Å². The molecule has 1 atom stereocenters. The highest BCUT2D eigenvalue weighted by Crippen LogP contribution is 2.29. The predicted octanol–water partition coefficient (Wildman–Crippen LogP) is 3.77. The standard InChI is InChI=1S/C12H13F4NO.ClH/c13-11(14)12(15,16)18-9-5-3-8(4-6-9)10-2-1-7-17-10;/h3-6,10-11,17H,1-2,7H2;1H/t10-;/m1./s1. The lowest BCUT2D eigenvalue weighted by Gasteiger charge is -2.17. The molecule has 1 aliphatic heterocycles. The molecule has 1 heterocycles. The molecule has 0 bridgehead atoms. The van der Waals surface area contributed by atoms with Crippen LogP contribution in [-0.2, 0) is 0 Å². The van der Waals surface area contributed by atoms with Crippen LogP contribution in [0.4, 0.5) is 17.6 Å². The molecule has 1 fully saturated rings. The van der Waals surface area contributed by atoms with Gasteiger partial charge < -0.3 is 10.1 Å². The van der Waals surface area contributed by atoms with Gasteiger partial charge in [0.15, 0.2) is 0 Å². The van der Waals surface area contributed by atoms with Gasteiger partial charge in [0.1, 0.15) is 5.75 Å². The first-order valence-electron chi connectivity index (χ1n) is 5.67. The summed E-state index contributed by atoms with van der Waals surface area (Å²) in [6, 6.07) is 5.99. The Morgan fingerprint density at radius 2 is 1.84 bits per heavy atom. The van der Waals surface area contributed by atoms with Crippen LogP contribution in [0.2, 0.25) is 0 Å². The molecule has 1 saturated heterocycles. The molecule has 1 aromatic rings. The molecule has 0 saturated carbocycles. The largest absolute Gasteiger partial charge is 0.461 e. The lowest BCUT2D eigenvalue weighted by Crippen LogP contribution is -2.33. The predicted molar refractivity (Wildman–Crippen MR) is 65.2 cm³/mol. The van der Waals surface area contributed by atoms with Gasteiger partial charge in [0.25, 0.3) is 0 Å². The van der Waals surface area contributed by atoms with Gasteiger partial charge in [-0.15, -0.1) is 12.4 Å². The summed E-state index contributed by atoms with van der Waals surface area (Å²) in [7, 11) is 0. The number of hydrogen-bond donors (Lipinski definition) is 1. The second kappa shape index (κ2) is 6.43. The number of alkyl halides is 4. The number of nitrogens with one attached hydrogen (secondary N) is 1. The normalized spacial score (nSPS) is 19.3. The van der Waals surface area contributed by atoms with E-state index in [9.17, 15) is 17.6 Å². The van der Waals surface area contributed by atoms with Crippen molar-refractivity contribution in [3.63, 3.8) is 0 Å². The van der Waals surface area contributed by atoms with E-state index in [-0.39, 0.29) is 24.2 Å². The molecule has 0 aromatic heterocycles. The molecule has 0 radical (unpaired) electrons. The molecule has 0 spiro atoms. The molecule has 19 heavy (non-hydrogen) atoms. The fourth-order valence-electron chi connectivity index (χ4n) is 1.94. The maximum atomic E-state index is 12.6. The zero-order chi connectivity index (χ0) is 13.2. The van der Waals surface area contributed by atoms with E-state index in [1.165, 1.54) is 12.1 Å². The SMILES string of the molecule is Cl.FC(F)C(F)(F)Oc1ccc([C@H]2CCCN2)cc1. The number of rotatable bonds is 4. The summed E-state index contributed by atoms with van der Waals surface area (Å²) in [5.41, 5.74) is 0.945. The van der Waals surface area contributed by atoms with Crippen LogP contribution < -0.4 is 10.1 Å². The minimum absolute atomic E-state index is 0. The molecular formula is C12H14ClF4NO. The third kappa shape index (κ3) is 3.98. The van der Waals surface area contributed by atoms with Gasteiger partial charge in [-0.3, -0.25) is 0 Å². The second-order valence-electron chi connectivity index (χ2n) is 4.18. The Morgan fingerprint density at radius 1 is 1.21 bits per heavy atom. The van der Waals surface area contributed by atoms with Crippen molar-refractivity contribution in [2.24, 2.45) is 0 Å². The third-order valence-corrected chi connectivity index (χ3v) is 2.85. The molecule has 0 aliphatic carbocycles. The van der Waals surface area contributed by atoms with Crippen LogP contribution in [0.3, 0.4) is 0 Å². The van der Waals surface area contributed by atoms with E-state index >= 15 is 0 Å². The van der Waals surface area contributed by atoms with Gasteiger partial charge in [0.05, 0.1) is 0 Å². The molecule has 0 unspecified atom stereocenters. The highest BCUT2D eigenvalue weighted by Gasteiger charge is 2.43. The molecule has 7 heteroatoms. The zero-order valence-electron chi connectivity index (χ0n) is 9.91. The number of halogens is 5. The van der Waals surface area contributed by atoms with Crippen LogP contribution in [0.15, 0.2) is 24.3 Å². The van der Waals surface area contributed by atoms with E-state index in [1.54, 1.807) is 12.1 Å². The zero-order valence-corrected chi connectivity index (χ0v) is 10.7. The molecular weight excluding hydrogens is 286 g/mol. The second-order valence-corrected chi connectivity index (χ2v) is 4.18. The van der Waals surface area contributed by atoms with Gasteiger partial charge in [-0.1, -0.05) is 12.1 Å². The van der Waals surface area contributed by atoms with Crippen molar-refractivity contribution in [2.45, 2.75) is 31.4 Å². The van der Waals surface area contributed by atoms with Gasteiger partial charge in [0, 0.05) is 6.04 Å². The Kier molecular flexibility index (Phi) is 5.43. The topological polar surface area (TPSA) is 21.3 Å². The summed E-state index contributed by atoms with van der Waals surface area (Å²) in [4.78, 5) is 0. The smallest absolute Gasteiger partial charge is 0.428 e. The Balaban J connectivity index is 0.00000180. The van der Waals surface area contributed by atoms with Crippen molar-refractivity contribution in [2.75, 3.05) is 6.54 Å². The summed E-state index contributed by atoms with van der Waals surface area (Å²) >= 11 is 0. The molecule has 0 amide bonds. The van der Waals surface area contributed by atoms with Crippen LogP contribution in [-0.4, -0.2) is 19.1 Å². The number of ether oxygens (including phenoxy) is 1. The Hall–Kier alpha value is -1.01. The van der Waals surface area contributed by atoms with Crippen LogP contribution in [0, 0.1) is 0 Å². The summed E-state index contributed by atoms with van der Waals surface area (Å²) in [5.74, 6) is -0.262. The first-order valence-corrected chi connectivity index (χ1v) is 5.67. The van der Waals surface area contributed by atoms with E-state index in [0.717, 1.165) is 24.9 Å². The van der Waals surface area contributed by atoms with Gasteiger partial charge in [0.2, 0.25) is 0 Å². The van der Waals surface area contributed by atoms with Crippen LogP contribution >= 0.6 is 12.4 Å². The van der Waals surface area contributed by atoms with Crippen molar-refractivity contribution in [1.82, 2.24) is 5.32 Å². The fourth-order valence-corrected chi connectivity index (χ4v) is 1.94. The maximum Gasteiger partial charge on any atom is 0.461 e. The number of hydrogen-bond acceptors (Lipinski definition) is 2. The Labute approximate surface area is 114 Å². The van der Waals surface area contributed by atoms with Crippen molar-refractivity contribution in [3.8, 4) is 5.75 Å². The molecule has 2 nitrogen and oxygen atoms in total. The lowest BCUT2D eigenvalue weighted by molar-refractivity contribution is -0.253. The minimum Gasteiger partial charge on any atom is -0.428 e. The van der Waals surface area contributed by atoms with Crippen LogP contribution in [0.5, 0.6) is 5.75 Å². The first kappa shape index (κ1) is 16.0. The highest BCUT2D eigenvalue weighted by molar-refractivity contribution is 5.85. The van der Waals surface area contributed by atoms with Crippen LogP contribution in [0.25, 0.3) is 0 Å². The van der Waals surface area contributed by atoms with Crippen molar-refractivity contribution in [1.29, 1.82) is 0 Å². The fraction of sp³-hybridized carbons (Fsp3) is 0.500. The summed E-state index contributed by atoms with van der Waals surface area (Å²) < 4.78 is 53.2. The van der Waals surface area contributed by atoms with E-state index in [4.69, 9.17) is 0 Å². The molecule has 1 aliphatic rings. The molecule has 108 valence electrons. The van der Waals surface area contributed by atoms with Crippen molar-refractivity contribution < 1.29 is 22.3 Å². The Bertz CT molecular complexity index is 393. The minimum atomic E-state index is -4.45. The highest BCUT2D eigenvalue weighted by atomic mass is 35.5. The average Bonchev–Trinajstić information content (AvgIpc) is 2.83. The van der Waals surface area contributed by atoms with E-state index in [1.807, 2.05) is 0 Å². The summed E-state index contributed by atoms with van der Waals surface area (Å²) in [6.07, 6.45) is -6.25. The molecule has 1 aromatic carbocycles. The van der Waals surface area contributed by atoms with Crippen molar-refractivity contribution >= 4 is 12.4 Å². The Morgan fingerprint density at radius 3 is 2.32 bits per heavy atom. The van der Waals surface area contributed by atoms with E-state index < -0.39 is 12.5 Å². The quantitative estimate of drug-likeness (QED) is 0.855. The summed E-state index contributed by atoms with van der Waals surface area (Å²) in [6.45, 7) is 0.923.